The Balaban J connectivity index is 1.39. The Kier molecular flexibility index (Phi) is 4.50. The third-order valence-corrected chi connectivity index (χ3v) is 5.00. The first-order valence-corrected chi connectivity index (χ1v) is 8.70. The molecule has 0 radical (unpaired) electrons. The van der Waals surface area contributed by atoms with Gasteiger partial charge in [-0.25, -0.2) is 14.4 Å². The normalized spacial score (nSPS) is 25.0. The topological polar surface area (TPSA) is 80.2 Å². The van der Waals surface area contributed by atoms with Crippen molar-refractivity contribution in [3.8, 4) is 0 Å². The minimum absolute atomic E-state index is 0.0526. The molecule has 0 unspecified atom stereocenters. The lowest BCUT2D eigenvalue weighted by molar-refractivity contribution is -0.126. The second-order valence-corrected chi connectivity index (χ2v) is 6.72. The molecule has 26 heavy (non-hydrogen) atoms. The first-order chi connectivity index (χ1) is 12.6. The summed E-state index contributed by atoms with van der Waals surface area (Å²) in [5.74, 6) is 0.230. The van der Waals surface area contributed by atoms with Gasteiger partial charge in [0.2, 0.25) is 5.95 Å². The number of fused-ring (bicyclic) bond motifs is 1. The van der Waals surface area contributed by atoms with Gasteiger partial charge in [-0.1, -0.05) is 0 Å². The number of hydrogen-bond donors (Lipinski definition) is 1. The highest BCUT2D eigenvalue weighted by Crippen LogP contribution is 2.34. The van der Waals surface area contributed by atoms with Crippen LogP contribution >= 0.6 is 0 Å². The number of anilines is 2. The summed E-state index contributed by atoms with van der Waals surface area (Å²) in [5.41, 5.74) is 1.48. The number of amides is 1. The van der Waals surface area contributed by atoms with Crippen molar-refractivity contribution < 1.29 is 13.9 Å². The van der Waals surface area contributed by atoms with Crippen LogP contribution in [0.25, 0.3) is 0 Å². The molecule has 1 amide bonds. The molecule has 136 valence electrons. The highest BCUT2D eigenvalue weighted by atomic mass is 19.1. The molecular weight excluding hydrogens is 337 g/mol. The zero-order valence-electron chi connectivity index (χ0n) is 14.4. The van der Waals surface area contributed by atoms with Crippen LogP contribution < -0.4 is 10.2 Å². The predicted octanol–water partition coefficient (Wildman–Crippen LogP) is 1.94. The van der Waals surface area contributed by atoms with Gasteiger partial charge in [0.25, 0.3) is 5.91 Å². The molecule has 2 aliphatic heterocycles. The number of nitrogens with one attached hydrogen (secondary N) is 1. The average molecular weight is 357 g/mol. The van der Waals surface area contributed by atoms with Gasteiger partial charge in [0.15, 0.2) is 5.82 Å². The van der Waals surface area contributed by atoms with E-state index in [1.165, 1.54) is 0 Å². The molecular formula is C18H20FN5O2. The number of nitrogens with zero attached hydrogens (tertiary/aromatic N) is 4. The van der Waals surface area contributed by atoms with Crippen molar-refractivity contribution in [1.29, 1.82) is 0 Å². The number of halogens is 1. The number of pyridine rings is 1. The fourth-order valence-corrected chi connectivity index (χ4v) is 3.58. The van der Waals surface area contributed by atoms with Crippen molar-refractivity contribution in [2.24, 2.45) is 5.92 Å². The van der Waals surface area contributed by atoms with E-state index in [0.29, 0.717) is 30.5 Å². The maximum absolute atomic E-state index is 13.0. The minimum atomic E-state index is -0.473. The van der Waals surface area contributed by atoms with Crippen LogP contribution in [0, 0.1) is 18.7 Å². The van der Waals surface area contributed by atoms with Crippen LogP contribution in [0.5, 0.6) is 0 Å². The number of ether oxygens (including phenoxy) is 1. The predicted molar refractivity (Wildman–Crippen MR) is 93.2 cm³/mol. The fraction of sp³-hybridized carbons (Fsp3) is 0.444. The zero-order chi connectivity index (χ0) is 18.1. The van der Waals surface area contributed by atoms with E-state index in [9.17, 15) is 9.18 Å². The smallest absolute Gasteiger partial charge is 0.253 e. The standard InChI is InChI=1S/C18H20FN5O2/c1-11-14(3-2-5-20-11)23-17(25)15-7-12-4-6-24(10-16(12)26-15)18-21-8-13(19)9-22-18/h2-3,5,8-9,12,15-16H,4,6-7,10H2,1H3,(H,23,25)/t12-,15+,16-/m0/s1. The summed E-state index contributed by atoms with van der Waals surface area (Å²) >= 11 is 0. The van der Waals surface area contributed by atoms with E-state index in [2.05, 4.69) is 20.3 Å². The Bertz CT molecular complexity index is 800. The summed E-state index contributed by atoms with van der Waals surface area (Å²) in [4.78, 5) is 26.8. The van der Waals surface area contributed by atoms with Crippen LogP contribution in [0.1, 0.15) is 18.5 Å². The highest BCUT2D eigenvalue weighted by molar-refractivity contribution is 5.94. The number of aryl methyl sites for hydroxylation is 1. The van der Waals surface area contributed by atoms with Crippen molar-refractivity contribution in [2.45, 2.75) is 32.0 Å². The van der Waals surface area contributed by atoms with E-state index >= 15 is 0 Å². The van der Waals surface area contributed by atoms with Crippen LogP contribution in [0.4, 0.5) is 16.0 Å². The maximum Gasteiger partial charge on any atom is 0.253 e. The zero-order valence-corrected chi connectivity index (χ0v) is 14.4. The number of aromatic nitrogens is 3. The largest absolute Gasteiger partial charge is 0.363 e. The molecule has 0 spiro atoms. The Labute approximate surface area is 150 Å². The van der Waals surface area contributed by atoms with E-state index < -0.39 is 11.9 Å². The third kappa shape index (κ3) is 3.37. The summed E-state index contributed by atoms with van der Waals surface area (Å²) in [6.07, 6.45) is 5.08. The maximum atomic E-state index is 13.0. The molecule has 2 aromatic rings. The van der Waals surface area contributed by atoms with Crippen molar-refractivity contribution >= 4 is 17.5 Å². The number of piperidine rings is 1. The number of carbonyl (C=O) groups excluding carboxylic acids is 1. The number of rotatable bonds is 3. The van der Waals surface area contributed by atoms with Gasteiger partial charge in [-0.15, -0.1) is 0 Å². The molecule has 4 rings (SSSR count). The molecule has 0 aromatic carbocycles. The van der Waals surface area contributed by atoms with E-state index in [1.54, 1.807) is 12.3 Å². The minimum Gasteiger partial charge on any atom is -0.363 e. The van der Waals surface area contributed by atoms with Gasteiger partial charge in [0, 0.05) is 19.3 Å². The van der Waals surface area contributed by atoms with E-state index in [-0.39, 0.29) is 12.0 Å². The summed E-state index contributed by atoms with van der Waals surface area (Å²) in [6.45, 7) is 3.23. The molecule has 7 nitrogen and oxygen atoms in total. The first-order valence-electron chi connectivity index (χ1n) is 8.70. The molecule has 0 aliphatic carbocycles. The van der Waals surface area contributed by atoms with Gasteiger partial charge in [-0.2, -0.15) is 0 Å². The molecule has 8 heteroatoms. The Morgan fingerprint density at radius 3 is 2.92 bits per heavy atom. The third-order valence-electron chi connectivity index (χ3n) is 5.00. The SMILES string of the molecule is Cc1ncccc1NC(=O)[C@H]1C[C@@H]2CCN(c3ncc(F)cn3)C[C@@H]2O1. The summed E-state index contributed by atoms with van der Waals surface area (Å²) in [5, 5.41) is 2.90. The first kappa shape index (κ1) is 16.8. The molecule has 1 N–H and O–H groups in total. The number of carbonyl (C=O) groups is 1. The fourth-order valence-electron chi connectivity index (χ4n) is 3.58. The van der Waals surface area contributed by atoms with Crippen LogP contribution in [-0.2, 0) is 9.53 Å². The van der Waals surface area contributed by atoms with E-state index in [4.69, 9.17) is 4.74 Å². The van der Waals surface area contributed by atoms with Gasteiger partial charge in [-0.3, -0.25) is 9.78 Å². The van der Waals surface area contributed by atoms with Gasteiger partial charge in [-0.05, 0) is 37.8 Å². The molecule has 2 saturated heterocycles. The Morgan fingerprint density at radius 1 is 1.35 bits per heavy atom. The molecule has 2 aliphatic rings. The average Bonchev–Trinajstić information content (AvgIpc) is 3.07. The van der Waals surface area contributed by atoms with Gasteiger partial charge >= 0.3 is 0 Å². The van der Waals surface area contributed by atoms with Crippen molar-refractivity contribution in [3.63, 3.8) is 0 Å². The highest BCUT2D eigenvalue weighted by Gasteiger charge is 2.42. The molecule has 0 bridgehead atoms. The van der Waals surface area contributed by atoms with Gasteiger partial charge in [0.05, 0.1) is 29.9 Å². The Morgan fingerprint density at radius 2 is 2.15 bits per heavy atom. The second-order valence-electron chi connectivity index (χ2n) is 6.72. The lowest BCUT2D eigenvalue weighted by Crippen LogP contribution is -2.43. The Hall–Kier alpha value is -2.61. The summed E-state index contributed by atoms with van der Waals surface area (Å²) in [7, 11) is 0. The quantitative estimate of drug-likeness (QED) is 0.904. The second kappa shape index (κ2) is 6.95. The molecule has 3 atom stereocenters. The summed E-state index contributed by atoms with van der Waals surface area (Å²) in [6, 6.07) is 3.62. The molecule has 4 heterocycles. The summed E-state index contributed by atoms with van der Waals surface area (Å²) < 4.78 is 19.0. The van der Waals surface area contributed by atoms with Crippen LogP contribution in [0.15, 0.2) is 30.7 Å². The molecule has 2 fully saturated rings. The van der Waals surface area contributed by atoms with E-state index in [0.717, 1.165) is 31.1 Å². The van der Waals surface area contributed by atoms with Crippen LogP contribution in [-0.4, -0.2) is 46.2 Å². The van der Waals surface area contributed by atoms with Crippen molar-refractivity contribution in [2.75, 3.05) is 23.3 Å². The number of hydrogen-bond acceptors (Lipinski definition) is 6. The van der Waals surface area contributed by atoms with Gasteiger partial charge < -0.3 is 15.0 Å². The lowest BCUT2D eigenvalue weighted by Gasteiger charge is -2.33. The van der Waals surface area contributed by atoms with Crippen molar-refractivity contribution in [1.82, 2.24) is 15.0 Å². The van der Waals surface area contributed by atoms with Crippen LogP contribution in [0.3, 0.4) is 0 Å². The monoisotopic (exact) mass is 357 g/mol. The van der Waals surface area contributed by atoms with Crippen LogP contribution in [0.2, 0.25) is 0 Å². The lowest BCUT2D eigenvalue weighted by atomic mass is 9.92. The van der Waals surface area contributed by atoms with Crippen molar-refractivity contribution in [3.05, 3.63) is 42.2 Å². The van der Waals surface area contributed by atoms with Gasteiger partial charge in [0.1, 0.15) is 6.10 Å². The molecule has 2 aromatic heterocycles. The molecule has 0 saturated carbocycles. The van der Waals surface area contributed by atoms with E-state index in [1.807, 2.05) is 17.9 Å².